The molecule has 102 valence electrons. The Labute approximate surface area is 117 Å². The first-order chi connectivity index (χ1) is 9.15. The summed E-state index contributed by atoms with van der Waals surface area (Å²) in [4.78, 5) is 21.0. The van der Waals surface area contributed by atoms with Gasteiger partial charge in [0.05, 0.1) is 0 Å². The van der Waals surface area contributed by atoms with Crippen molar-refractivity contribution in [3.05, 3.63) is 23.2 Å². The van der Waals surface area contributed by atoms with Crippen LogP contribution < -0.4 is 0 Å². The van der Waals surface area contributed by atoms with E-state index in [-0.39, 0.29) is 5.91 Å². The van der Waals surface area contributed by atoms with Crippen molar-refractivity contribution < 1.29 is 4.79 Å². The first kappa shape index (κ1) is 12.7. The number of H-pyrrole nitrogens is 1. The highest BCUT2D eigenvalue weighted by Gasteiger charge is 2.25. The van der Waals surface area contributed by atoms with Gasteiger partial charge in [-0.25, -0.2) is 0 Å². The molecule has 1 aliphatic rings. The first-order valence-electron chi connectivity index (χ1n) is 6.67. The molecule has 1 saturated heterocycles. The lowest BCUT2D eigenvalue weighted by molar-refractivity contribution is 0.0655. The van der Waals surface area contributed by atoms with Crippen LogP contribution in [0.15, 0.2) is 17.5 Å². The number of hydrogen-bond donors (Lipinski definition) is 1. The van der Waals surface area contributed by atoms with E-state index in [0.29, 0.717) is 11.7 Å². The van der Waals surface area contributed by atoms with Crippen LogP contribution in [0.1, 0.15) is 23.3 Å². The van der Waals surface area contributed by atoms with Crippen molar-refractivity contribution >= 4 is 27.5 Å². The SMILES string of the molecule is CN1CCC(N(C)C(=O)c2cc3ccsc3[nH]2)CC1. The van der Waals surface area contributed by atoms with Crippen molar-refractivity contribution in [1.82, 2.24) is 14.8 Å². The number of fused-ring (bicyclic) bond motifs is 1. The number of hydrogen-bond acceptors (Lipinski definition) is 3. The summed E-state index contributed by atoms with van der Waals surface area (Å²) in [6.07, 6.45) is 2.13. The zero-order chi connectivity index (χ0) is 13.4. The van der Waals surface area contributed by atoms with Gasteiger partial charge in [0.2, 0.25) is 0 Å². The number of piperidine rings is 1. The van der Waals surface area contributed by atoms with Crippen molar-refractivity contribution in [3.63, 3.8) is 0 Å². The maximum Gasteiger partial charge on any atom is 0.270 e. The Morgan fingerprint density at radius 3 is 2.89 bits per heavy atom. The van der Waals surface area contributed by atoms with E-state index in [2.05, 4.69) is 16.9 Å². The van der Waals surface area contributed by atoms with Gasteiger partial charge in [0, 0.05) is 18.5 Å². The van der Waals surface area contributed by atoms with Crippen LogP contribution in [0, 0.1) is 0 Å². The van der Waals surface area contributed by atoms with Crippen LogP contribution in [0.5, 0.6) is 0 Å². The Kier molecular flexibility index (Phi) is 3.33. The second kappa shape index (κ2) is 4.98. The number of rotatable bonds is 2. The van der Waals surface area contributed by atoms with Crippen LogP contribution >= 0.6 is 11.3 Å². The molecule has 0 aliphatic carbocycles. The molecule has 1 aliphatic heterocycles. The van der Waals surface area contributed by atoms with Gasteiger partial charge in [0.1, 0.15) is 10.5 Å². The van der Waals surface area contributed by atoms with E-state index in [1.807, 2.05) is 29.5 Å². The molecule has 2 aromatic rings. The minimum atomic E-state index is 0.109. The molecular weight excluding hydrogens is 258 g/mol. The van der Waals surface area contributed by atoms with Crippen LogP contribution in [-0.2, 0) is 0 Å². The molecule has 4 nitrogen and oxygen atoms in total. The zero-order valence-corrected chi connectivity index (χ0v) is 12.2. The molecular formula is C14H19N3OS. The fourth-order valence-corrected chi connectivity index (χ4v) is 3.48. The number of aromatic nitrogens is 1. The summed E-state index contributed by atoms with van der Waals surface area (Å²) in [6, 6.07) is 4.37. The highest BCUT2D eigenvalue weighted by atomic mass is 32.1. The summed E-state index contributed by atoms with van der Waals surface area (Å²) >= 11 is 1.64. The van der Waals surface area contributed by atoms with Gasteiger partial charge in [0.15, 0.2) is 0 Å². The lowest BCUT2D eigenvalue weighted by atomic mass is 10.0. The molecule has 0 aromatic carbocycles. The lowest BCUT2D eigenvalue weighted by Crippen LogP contribution is -2.44. The smallest absolute Gasteiger partial charge is 0.270 e. The van der Waals surface area contributed by atoms with Crippen LogP contribution in [-0.4, -0.2) is 53.9 Å². The molecule has 0 spiro atoms. The second-order valence-electron chi connectivity index (χ2n) is 5.34. The van der Waals surface area contributed by atoms with E-state index in [0.717, 1.165) is 36.1 Å². The van der Waals surface area contributed by atoms with E-state index >= 15 is 0 Å². The van der Waals surface area contributed by atoms with Crippen molar-refractivity contribution in [2.45, 2.75) is 18.9 Å². The largest absolute Gasteiger partial charge is 0.342 e. The maximum atomic E-state index is 12.5. The average molecular weight is 277 g/mol. The topological polar surface area (TPSA) is 39.3 Å². The summed E-state index contributed by atoms with van der Waals surface area (Å²) < 4.78 is 0. The Morgan fingerprint density at radius 1 is 1.47 bits per heavy atom. The van der Waals surface area contributed by atoms with E-state index in [4.69, 9.17) is 0 Å². The number of nitrogens with one attached hydrogen (secondary N) is 1. The monoisotopic (exact) mass is 277 g/mol. The zero-order valence-electron chi connectivity index (χ0n) is 11.3. The molecule has 5 heteroatoms. The number of nitrogens with zero attached hydrogens (tertiary/aromatic N) is 2. The average Bonchev–Trinajstić information content (AvgIpc) is 2.98. The first-order valence-corrected chi connectivity index (χ1v) is 7.55. The highest BCUT2D eigenvalue weighted by molar-refractivity contribution is 7.16. The fourth-order valence-electron chi connectivity index (χ4n) is 2.70. The number of carbonyl (C=O) groups is 1. The minimum absolute atomic E-state index is 0.109. The third-order valence-corrected chi connectivity index (χ3v) is 4.88. The number of carbonyl (C=O) groups excluding carboxylic acids is 1. The van der Waals surface area contributed by atoms with Gasteiger partial charge < -0.3 is 14.8 Å². The Bertz CT molecular complexity index is 552. The van der Waals surface area contributed by atoms with Crippen LogP contribution in [0.3, 0.4) is 0 Å². The fraction of sp³-hybridized carbons (Fsp3) is 0.500. The molecule has 1 fully saturated rings. The molecule has 19 heavy (non-hydrogen) atoms. The summed E-state index contributed by atoms with van der Waals surface area (Å²) in [5.74, 6) is 0.109. The van der Waals surface area contributed by atoms with Gasteiger partial charge >= 0.3 is 0 Å². The van der Waals surface area contributed by atoms with Crippen molar-refractivity contribution in [2.24, 2.45) is 0 Å². The van der Waals surface area contributed by atoms with Crippen LogP contribution in [0.2, 0.25) is 0 Å². The van der Waals surface area contributed by atoms with E-state index < -0.39 is 0 Å². The second-order valence-corrected chi connectivity index (χ2v) is 6.25. The summed E-state index contributed by atoms with van der Waals surface area (Å²) in [5, 5.41) is 3.17. The minimum Gasteiger partial charge on any atom is -0.342 e. The molecule has 3 heterocycles. The van der Waals surface area contributed by atoms with E-state index in [1.165, 1.54) is 0 Å². The molecule has 2 aromatic heterocycles. The molecule has 0 unspecified atom stereocenters. The number of thiophene rings is 1. The summed E-state index contributed by atoms with van der Waals surface area (Å²) in [7, 11) is 4.06. The third-order valence-electron chi connectivity index (χ3n) is 4.03. The normalized spacial score (nSPS) is 18.0. The molecule has 1 amide bonds. The molecule has 0 radical (unpaired) electrons. The van der Waals surface area contributed by atoms with Gasteiger partial charge in [-0.2, -0.15) is 0 Å². The van der Waals surface area contributed by atoms with Crippen LogP contribution in [0.25, 0.3) is 10.2 Å². The van der Waals surface area contributed by atoms with Crippen molar-refractivity contribution in [3.8, 4) is 0 Å². The summed E-state index contributed by atoms with van der Waals surface area (Å²) in [6.45, 7) is 2.14. The van der Waals surface area contributed by atoms with Crippen molar-refractivity contribution in [1.29, 1.82) is 0 Å². The summed E-state index contributed by atoms with van der Waals surface area (Å²) in [5.41, 5.74) is 0.711. The van der Waals surface area contributed by atoms with Gasteiger partial charge in [-0.3, -0.25) is 4.79 Å². The Hall–Kier alpha value is -1.33. The van der Waals surface area contributed by atoms with Gasteiger partial charge in [-0.15, -0.1) is 11.3 Å². The van der Waals surface area contributed by atoms with Gasteiger partial charge in [-0.1, -0.05) is 0 Å². The Balaban J connectivity index is 1.74. The number of likely N-dealkylation sites (tertiary alicyclic amines) is 1. The molecule has 0 atom stereocenters. The van der Waals surface area contributed by atoms with E-state index in [1.54, 1.807) is 11.3 Å². The molecule has 0 bridgehead atoms. The van der Waals surface area contributed by atoms with Gasteiger partial charge in [0.25, 0.3) is 5.91 Å². The standard InChI is InChI=1S/C14H19N3OS/c1-16-6-3-11(4-7-16)17(2)14(18)12-9-10-5-8-19-13(10)15-12/h5,8-9,11,15H,3-4,6-7H2,1-2H3. The van der Waals surface area contributed by atoms with Crippen molar-refractivity contribution in [2.75, 3.05) is 27.2 Å². The highest BCUT2D eigenvalue weighted by Crippen LogP contribution is 2.23. The lowest BCUT2D eigenvalue weighted by Gasteiger charge is -2.34. The number of aromatic amines is 1. The van der Waals surface area contributed by atoms with Crippen LogP contribution in [0.4, 0.5) is 0 Å². The molecule has 3 rings (SSSR count). The predicted octanol–water partition coefficient (Wildman–Crippen LogP) is 2.40. The van der Waals surface area contributed by atoms with E-state index in [9.17, 15) is 4.79 Å². The Morgan fingerprint density at radius 2 is 2.21 bits per heavy atom. The predicted molar refractivity (Wildman–Crippen MR) is 78.8 cm³/mol. The molecule has 1 N–H and O–H groups in total. The molecule has 0 saturated carbocycles. The van der Waals surface area contributed by atoms with Gasteiger partial charge in [-0.05, 0) is 50.5 Å². The maximum absolute atomic E-state index is 12.5. The quantitative estimate of drug-likeness (QED) is 0.915. The third kappa shape index (κ3) is 2.40. The number of amides is 1.